The lowest BCUT2D eigenvalue weighted by atomic mass is 10.2. The predicted octanol–water partition coefficient (Wildman–Crippen LogP) is 4.50. The largest absolute Gasteiger partial charge is 0.416 e. The number of hydrogen-bond donors (Lipinski definition) is 2. The molecular formula is C19H15F3N2O3S2. The zero-order valence-electron chi connectivity index (χ0n) is 14.7. The van der Waals surface area contributed by atoms with Gasteiger partial charge in [0.2, 0.25) is 0 Å². The molecule has 0 atom stereocenters. The van der Waals surface area contributed by atoms with E-state index in [1.807, 2.05) is 17.5 Å². The number of carbonyl (C=O) groups excluding carboxylic acids is 1. The minimum atomic E-state index is -4.58. The predicted molar refractivity (Wildman–Crippen MR) is 104 cm³/mol. The Morgan fingerprint density at radius 1 is 1.00 bits per heavy atom. The van der Waals surface area contributed by atoms with Gasteiger partial charge >= 0.3 is 6.18 Å². The molecule has 10 heteroatoms. The van der Waals surface area contributed by atoms with Gasteiger partial charge < -0.3 is 5.32 Å². The summed E-state index contributed by atoms with van der Waals surface area (Å²) in [6, 6.07) is 12.7. The summed E-state index contributed by atoms with van der Waals surface area (Å²) in [4.78, 5) is 12.9. The number of amides is 1. The molecule has 1 heterocycles. The van der Waals surface area contributed by atoms with Crippen LogP contribution in [0.4, 0.5) is 18.9 Å². The van der Waals surface area contributed by atoms with Crippen molar-refractivity contribution in [1.82, 2.24) is 5.32 Å². The van der Waals surface area contributed by atoms with E-state index >= 15 is 0 Å². The number of sulfonamides is 1. The highest BCUT2D eigenvalue weighted by molar-refractivity contribution is 7.92. The smallest absolute Gasteiger partial charge is 0.347 e. The first-order valence-electron chi connectivity index (χ1n) is 8.26. The molecule has 2 N–H and O–H groups in total. The van der Waals surface area contributed by atoms with Gasteiger partial charge in [-0.1, -0.05) is 12.1 Å². The van der Waals surface area contributed by atoms with Crippen molar-refractivity contribution in [2.75, 3.05) is 4.72 Å². The molecule has 29 heavy (non-hydrogen) atoms. The summed E-state index contributed by atoms with van der Waals surface area (Å²) in [5, 5.41) is 4.61. The van der Waals surface area contributed by atoms with E-state index in [4.69, 9.17) is 0 Å². The van der Waals surface area contributed by atoms with E-state index in [9.17, 15) is 26.4 Å². The van der Waals surface area contributed by atoms with E-state index in [0.29, 0.717) is 12.6 Å². The van der Waals surface area contributed by atoms with Crippen molar-refractivity contribution < 1.29 is 26.4 Å². The quantitative estimate of drug-likeness (QED) is 0.593. The van der Waals surface area contributed by atoms with E-state index < -0.39 is 21.8 Å². The van der Waals surface area contributed by atoms with Crippen LogP contribution in [0.25, 0.3) is 0 Å². The summed E-state index contributed by atoms with van der Waals surface area (Å²) >= 11 is 1.50. The standard InChI is InChI=1S/C19H15F3N2O3S2/c20-19(21,22)14-3-1-4-15(11-14)24-29(26,27)17-8-6-13(7-9-17)18(25)23-12-16-5-2-10-28-16/h1-11,24H,12H2,(H,23,25). The Labute approximate surface area is 169 Å². The minimum Gasteiger partial charge on any atom is -0.347 e. The van der Waals surface area contributed by atoms with Gasteiger partial charge in [-0.2, -0.15) is 13.2 Å². The lowest BCUT2D eigenvalue weighted by Gasteiger charge is -2.11. The molecule has 3 rings (SSSR count). The van der Waals surface area contributed by atoms with Crippen LogP contribution in [0, 0.1) is 0 Å². The van der Waals surface area contributed by atoms with Gasteiger partial charge in [0, 0.05) is 16.1 Å². The Bertz CT molecular complexity index is 1090. The van der Waals surface area contributed by atoms with Crippen LogP contribution in [0.1, 0.15) is 20.8 Å². The highest BCUT2D eigenvalue weighted by Crippen LogP contribution is 2.31. The van der Waals surface area contributed by atoms with Gasteiger partial charge in [0.15, 0.2) is 0 Å². The van der Waals surface area contributed by atoms with Crippen molar-refractivity contribution in [2.24, 2.45) is 0 Å². The summed E-state index contributed by atoms with van der Waals surface area (Å²) in [6.07, 6.45) is -4.58. The second-order valence-corrected chi connectivity index (χ2v) is 8.69. The van der Waals surface area contributed by atoms with Gasteiger partial charge in [-0.15, -0.1) is 11.3 Å². The molecule has 2 aromatic carbocycles. The molecule has 0 fully saturated rings. The van der Waals surface area contributed by atoms with Crippen LogP contribution in [0.3, 0.4) is 0 Å². The van der Waals surface area contributed by atoms with Crippen LogP contribution >= 0.6 is 11.3 Å². The Hall–Kier alpha value is -2.85. The molecule has 1 aromatic heterocycles. The number of benzene rings is 2. The fourth-order valence-electron chi connectivity index (χ4n) is 2.44. The molecule has 0 radical (unpaired) electrons. The van der Waals surface area contributed by atoms with Crippen LogP contribution in [-0.2, 0) is 22.7 Å². The van der Waals surface area contributed by atoms with Gasteiger partial charge in [0.25, 0.3) is 15.9 Å². The molecule has 0 spiro atoms. The molecule has 0 aliphatic carbocycles. The first-order valence-corrected chi connectivity index (χ1v) is 10.6. The lowest BCUT2D eigenvalue weighted by Crippen LogP contribution is -2.22. The van der Waals surface area contributed by atoms with Crippen molar-refractivity contribution in [3.63, 3.8) is 0 Å². The van der Waals surface area contributed by atoms with E-state index in [-0.39, 0.29) is 22.1 Å². The van der Waals surface area contributed by atoms with Crippen molar-refractivity contribution in [1.29, 1.82) is 0 Å². The van der Waals surface area contributed by atoms with E-state index in [2.05, 4.69) is 10.0 Å². The third-order valence-electron chi connectivity index (χ3n) is 3.87. The molecule has 0 bridgehead atoms. The highest BCUT2D eigenvalue weighted by Gasteiger charge is 2.30. The number of hydrogen-bond acceptors (Lipinski definition) is 4. The molecular weight excluding hydrogens is 425 g/mol. The second kappa shape index (κ2) is 8.26. The average Bonchev–Trinajstić information content (AvgIpc) is 3.19. The van der Waals surface area contributed by atoms with Gasteiger partial charge in [0.05, 0.1) is 17.0 Å². The Kier molecular flexibility index (Phi) is 5.94. The molecule has 0 aliphatic heterocycles. The maximum Gasteiger partial charge on any atom is 0.416 e. The van der Waals surface area contributed by atoms with E-state index in [0.717, 1.165) is 17.0 Å². The summed E-state index contributed by atoms with van der Waals surface area (Å²) in [7, 11) is -4.11. The van der Waals surface area contributed by atoms with Crippen LogP contribution in [0.5, 0.6) is 0 Å². The fourth-order valence-corrected chi connectivity index (χ4v) is 4.14. The first-order chi connectivity index (χ1) is 13.6. The number of anilines is 1. The maximum absolute atomic E-state index is 12.8. The molecule has 152 valence electrons. The first kappa shape index (κ1) is 20.9. The van der Waals surface area contributed by atoms with Crippen LogP contribution in [0.2, 0.25) is 0 Å². The van der Waals surface area contributed by atoms with Gasteiger partial charge in [-0.3, -0.25) is 9.52 Å². The number of alkyl halides is 3. The minimum absolute atomic E-state index is 0.176. The summed E-state index contributed by atoms with van der Waals surface area (Å²) in [5.74, 6) is -0.367. The third kappa shape index (κ3) is 5.36. The zero-order valence-corrected chi connectivity index (χ0v) is 16.4. The van der Waals surface area contributed by atoms with Gasteiger partial charge in [0.1, 0.15) is 0 Å². The van der Waals surface area contributed by atoms with Crippen LogP contribution < -0.4 is 10.0 Å². The van der Waals surface area contributed by atoms with Crippen molar-refractivity contribution in [3.8, 4) is 0 Å². The summed E-state index contributed by atoms with van der Waals surface area (Å²) < 4.78 is 65.3. The summed E-state index contributed by atoms with van der Waals surface area (Å²) in [6.45, 7) is 0.355. The molecule has 0 aliphatic rings. The van der Waals surface area contributed by atoms with Gasteiger partial charge in [-0.05, 0) is 53.9 Å². The topological polar surface area (TPSA) is 75.3 Å². The number of carbonyl (C=O) groups is 1. The molecule has 1 amide bonds. The fraction of sp³-hybridized carbons (Fsp3) is 0.105. The number of rotatable bonds is 6. The Morgan fingerprint density at radius 2 is 1.72 bits per heavy atom. The van der Waals surface area contributed by atoms with Crippen molar-refractivity contribution in [2.45, 2.75) is 17.6 Å². The van der Waals surface area contributed by atoms with Crippen LogP contribution in [0.15, 0.2) is 70.9 Å². The van der Waals surface area contributed by atoms with Gasteiger partial charge in [-0.25, -0.2) is 8.42 Å². The van der Waals surface area contributed by atoms with Crippen LogP contribution in [-0.4, -0.2) is 14.3 Å². The maximum atomic E-state index is 12.8. The van der Waals surface area contributed by atoms with Crippen molar-refractivity contribution in [3.05, 3.63) is 82.0 Å². The molecule has 0 saturated carbocycles. The second-order valence-electron chi connectivity index (χ2n) is 5.97. The number of halogens is 3. The molecule has 0 saturated heterocycles. The Morgan fingerprint density at radius 3 is 2.34 bits per heavy atom. The molecule has 5 nitrogen and oxygen atoms in total. The van der Waals surface area contributed by atoms with E-state index in [1.165, 1.54) is 41.7 Å². The summed E-state index contributed by atoms with van der Waals surface area (Å²) in [5.41, 5.74) is -0.910. The normalized spacial score (nSPS) is 11.8. The average molecular weight is 440 g/mol. The van der Waals surface area contributed by atoms with E-state index in [1.54, 1.807) is 0 Å². The number of nitrogens with one attached hydrogen (secondary N) is 2. The zero-order chi connectivity index (χ0) is 21.1. The monoisotopic (exact) mass is 440 g/mol. The SMILES string of the molecule is O=C(NCc1cccs1)c1ccc(S(=O)(=O)Nc2cccc(C(F)(F)F)c2)cc1. The third-order valence-corrected chi connectivity index (χ3v) is 6.15. The lowest BCUT2D eigenvalue weighted by molar-refractivity contribution is -0.137. The Balaban J connectivity index is 1.70. The highest BCUT2D eigenvalue weighted by atomic mass is 32.2. The van der Waals surface area contributed by atoms with Crippen molar-refractivity contribution >= 4 is 33.0 Å². The number of thiophene rings is 1. The molecule has 3 aromatic rings. The molecule has 0 unspecified atom stereocenters.